The summed E-state index contributed by atoms with van der Waals surface area (Å²) >= 11 is 0. The van der Waals surface area contributed by atoms with Crippen molar-refractivity contribution in [3.63, 3.8) is 0 Å². The molecule has 4 aromatic carbocycles. The maximum absolute atomic E-state index is 10.8. The summed E-state index contributed by atoms with van der Waals surface area (Å²) in [5.41, 5.74) is 22.2. The molecule has 0 bridgehead atoms. The van der Waals surface area contributed by atoms with E-state index in [-0.39, 0.29) is 21.7 Å². The zero-order chi connectivity index (χ0) is 30.7. The largest absolute Gasteiger partial charge is 0.744 e. The SMILES string of the molecule is Cc1cccc2c(C)cccc12.NC(N)=[NH2+].NC(N)=[NH2+].O=S(=O)([O-])c1ccc(-c2ccc(S(=O)(=O)[O-])cc2)cc1. The highest BCUT2D eigenvalue weighted by atomic mass is 32.2. The van der Waals surface area contributed by atoms with Crippen LogP contribution >= 0.6 is 0 Å². The molecule has 0 amide bonds. The van der Waals surface area contributed by atoms with E-state index >= 15 is 0 Å². The number of hydrogen-bond donors (Lipinski definition) is 6. The second kappa shape index (κ2) is 14.6. The van der Waals surface area contributed by atoms with Crippen molar-refractivity contribution in [1.29, 1.82) is 0 Å². The lowest BCUT2D eigenvalue weighted by atomic mass is 10.0. The van der Waals surface area contributed by atoms with Crippen LogP contribution < -0.4 is 33.8 Å². The molecule has 0 aromatic heterocycles. The van der Waals surface area contributed by atoms with E-state index in [0.717, 1.165) is 24.3 Å². The Morgan fingerprint density at radius 1 is 0.550 bits per heavy atom. The van der Waals surface area contributed by atoms with Crippen LogP contribution in [0.25, 0.3) is 21.9 Å². The molecule has 0 radical (unpaired) electrons. The lowest BCUT2D eigenvalue weighted by Crippen LogP contribution is -2.51. The third kappa shape index (κ3) is 11.5. The predicted octanol–water partition coefficient (Wildman–Crippen LogP) is -1.34. The molecule has 0 aliphatic carbocycles. The van der Waals surface area contributed by atoms with Gasteiger partial charge in [-0.15, -0.1) is 0 Å². The molecule has 0 saturated carbocycles. The topological polar surface area (TPSA) is 270 Å². The lowest BCUT2D eigenvalue weighted by Gasteiger charge is -2.09. The first-order valence-electron chi connectivity index (χ1n) is 11.3. The van der Waals surface area contributed by atoms with E-state index in [2.05, 4.69) is 84.0 Å². The number of rotatable bonds is 3. The average Bonchev–Trinajstić information content (AvgIpc) is 2.84. The molecule has 0 aliphatic heterocycles. The van der Waals surface area contributed by atoms with Crippen LogP contribution in [0.4, 0.5) is 0 Å². The molecule has 14 heteroatoms. The summed E-state index contributed by atoms with van der Waals surface area (Å²) in [6.45, 7) is 4.31. The molecule has 40 heavy (non-hydrogen) atoms. The molecular weight excluding hydrogens is 556 g/mol. The van der Waals surface area contributed by atoms with Crippen LogP contribution in [0.2, 0.25) is 0 Å². The fourth-order valence-corrected chi connectivity index (χ4v) is 4.19. The van der Waals surface area contributed by atoms with Crippen molar-refractivity contribution in [2.24, 2.45) is 22.9 Å². The van der Waals surface area contributed by atoms with Gasteiger partial charge in [-0.05, 0) is 71.1 Å². The van der Waals surface area contributed by atoms with E-state index in [4.69, 9.17) is 0 Å². The van der Waals surface area contributed by atoms with Gasteiger partial charge in [-0.25, -0.2) is 16.8 Å². The quantitative estimate of drug-likeness (QED) is 0.0930. The molecule has 0 aliphatic rings. The highest BCUT2D eigenvalue weighted by Crippen LogP contribution is 2.23. The molecule has 12 N–H and O–H groups in total. The van der Waals surface area contributed by atoms with Crippen LogP contribution in [0, 0.1) is 13.8 Å². The van der Waals surface area contributed by atoms with Gasteiger partial charge < -0.3 is 9.11 Å². The van der Waals surface area contributed by atoms with Gasteiger partial charge >= 0.3 is 11.9 Å². The van der Waals surface area contributed by atoms with Gasteiger partial charge in [-0.3, -0.25) is 33.8 Å². The molecule has 214 valence electrons. The van der Waals surface area contributed by atoms with Gasteiger partial charge in [-0.1, -0.05) is 60.7 Å². The van der Waals surface area contributed by atoms with E-state index in [1.807, 2.05) is 0 Å². The van der Waals surface area contributed by atoms with Crippen LogP contribution in [-0.2, 0) is 20.2 Å². The van der Waals surface area contributed by atoms with E-state index in [1.54, 1.807) is 0 Å². The Labute approximate surface area is 233 Å². The number of fused-ring (bicyclic) bond motifs is 1. The number of guanidine groups is 2. The van der Waals surface area contributed by atoms with E-state index in [9.17, 15) is 25.9 Å². The summed E-state index contributed by atoms with van der Waals surface area (Å²) in [6, 6.07) is 23.2. The van der Waals surface area contributed by atoms with Gasteiger partial charge in [0.05, 0.1) is 9.79 Å². The fraction of sp³-hybridized carbons (Fsp3) is 0.0769. The Balaban J connectivity index is 0.000000336. The van der Waals surface area contributed by atoms with Crippen molar-refractivity contribution in [3.8, 4) is 11.1 Å². The average molecular weight is 589 g/mol. The van der Waals surface area contributed by atoms with Gasteiger partial charge in [0.25, 0.3) is 0 Å². The highest BCUT2D eigenvalue weighted by molar-refractivity contribution is 7.86. The first-order chi connectivity index (χ1) is 18.4. The van der Waals surface area contributed by atoms with Crippen molar-refractivity contribution in [2.45, 2.75) is 23.6 Å². The maximum Gasteiger partial charge on any atom is 0.336 e. The minimum absolute atomic E-state index is 0.0833. The first-order valence-corrected chi connectivity index (χ1v) is 14.1. The third-order valence-corrected chi connectivity index (χ3v) is 6.68. The minimum Gasteiger partial charge on any atom is -0.744 e. The molecule has 0 unspecified atom stereocenters. The molecule has 12 nitrogen and oxygen atoms in total. The summed E-state index contributed by atoms with van der Waals surface area (Å²) in [4.78, 5) is -0.694. The minimum atomic E-state index is -4.50. The van der Waals surface area contributed by atoms with Crippen molar-refractivity contribution in [1.82, 2.24) is 0 Å². The molecule has 0 heterocycles. The molecule has 0 saturated heterocycles. The maximum atomic E-state index is 10.8. The van der Waals surface area contributed by atoms with Crippen molar-refractivity contribution < 1.29 is 36.8 Å². The van der Waals surface area contributed by atoms with E-state index in [1.165, 1.54) is 46.2 Å². The van der Waals surface area contributed by atoms with Crippen LogP contribution in [0.15, 0.2) is 94.7 Å². The summed E-state index contributed by atoms with van der Waals surface area (Å²) in [5.74, 6) is -0.167. The summed E-state index contributed by atoms with van der Waals surface area (Å²) in [7, 11) is -9.00. The van der Waals surface area contributed by atoms with Crippen molar-refractivity contribution in [3.05, 3.63) is 96.1 Å². The fourth-order valence-electron chi connectivity index (χ4n) is 3.25. The monoisotopic (exact) mass is 588 g/mol. The Bertz CT molecular complexity index is 1540. The van der Waals surface area contributed by atoms with Gasteiger partial charge in [0.2, 0.25) is 0 Å². The molecule has 0 fully saturated rings. The summed E-state index contributed by atoms with van der Waals surface area (Å²) in [6.07, 6.45) is 0. The second-order valence-electron chi connectivity index (χ2n) is 8.20. The Morgan fingerprint density at radius 2 is 0.800 bits per heavy atom. The normalized spacial score (nSPS) is 10.5. The van der Waals surface area contributed by atoms with E-state index in [0.29, 0.717) is 11.1 Å². The molecule has 0 atom stereocenters. The number of nitrogens with two attached hydrogens (primary N) is 6. The van der Waals surface area contributed by atoms with Crippen LogP contribution in [0.1, 0.15) is 11.1 Å². The van der Waals surface area contributed by atoms with Crippen LogP contribution in [-0.4, -0.2) is 37.9 Å². The van der Waals surface area contributed by atoms with Gasteiger partial charge in [0, 0.05) is 0 Å². The zero-order valence-corrected chi connectivity index (χ0v) is 23.4. The van der Waals surface area contributed by atoms with Gasteiger partial charge in [-0.2, -0.15) is 0 Å². The zero-order valence-electron chi connectivity index (χ0n) is 21.8. The second-order valence-corrected chi connectivity index (χ2v) is 11.0. The smallest absolute Gasteiger partial charge is 0.336 e. The Kier molecular flexibility index (Phi) is 12.2. The molecule has 4 aromatic rings. The van der Waals surface area contributed by atoms with Gasteiger partial charge in [0.1, 0.15) is 20.2 Å². The first kappa shape index (κ1) is 33.5. The highest BCUT2D eigenvalue weighted by Gasteiger charge is 2.05. The summed E-state index contributed by atoms with van der Waals surface area (Å²) < 4.78 is 64.7. The third-order valence-electron chi connectivity index (χ3n) is 4.98. The van der Waals surface area contributed by atoms with Crippen molar-refractivity contribution >= 4 is 42.9 Å². The summed E-state index contributed by atoms with van der Waals surface area (Å²) in [5, 5.41) is 11.9. The van der Waals surface area contributed by atoms with Gasteiger partial charge in [0.15, 0.2) is 0 Å². The standard InChI is InChI=1S/C12H10O6S2.C12H12.2CH5N3/c13-19(14,15)11-5-1-9(2-6-11)10-3-7-12(8-4-10)20(16,17)18;1-9-5-3-8-12-10(2)6-4-7-11(9)12;2*2-1(3)4/h1-8H,(H,13,14,15)(H,16,17,18);3-8H,1-2H3;2*(H5,2,3,4). The van der Waals surface area contributed by atoms with Crippen LogP contribution in [0.5, 0.6) is 0 Å². The van der Waals surface area contributed by atoms with Crippen molar-refractivity contribution in [2.75, 3.05) is 0 Å². The predicted molar refractivity (Wildman–Crippen MR) is 152 cm³/mol. The Hall–Kier alpha value is -4.50. The molecule has 0 spiro atoms. The molecular formula is C26H32N6O6S2. The number of benzene rings is 4. The molecule has 4 rings (SSSR count). The lowest BCUT2D eigenvalue weighted by molar-refractivity contribution is -0.117. The number of hydrogen-bond acceptors (Lipinski definition) is 6. The number of aryl methyl sites for hydroxylation is 2. The van der Waals surface area contributed by atoms with E-state index < -0.39 is 20.2 Å². The van der Waals surface area contributed by atoms with Crippen LogP contribution in [0.3, 0.4) is 0 Å². The Morgan fingerprint density at radius 3 is 1.02 bits per heavy atom.